The normalized spacial score (nSPS) is 18.3. The number of nitrogens with zero attached hydrogens (tertiary/aromatic N) is 4. The number of nitriles is 1. The van der Waals surface area contributed by atoms with Crippen molar-refractivity contribution in [1.82, 2.24) is 19.4 Å². The lowest BCUT2D eigenvalue weighted by atomic mass is 9.94. The second-order valence-electron chi connectivity index (χ2n) is 10.3. The average Bonchev–Trinajstić information content (AvgIpc) is 3.38. The number of carbonyl (C=O) groups excluding carboxylic acids is 1. The highest BCUT2D eigenvalue weighted by molar-refractivity contribution is 7.89. The van der Waals surface area contributed by atoms with Crippen LogP contribution in [0.4, 0.5) is 0 Å². The average molecular weight is 562 g/mol. The van der Waals surface area contributed by atoms with E-state index in [-0.39, 0.29) is 22.3 Å². The van der Waals surface area contributed by atoms with Crippen molar-refractivity contribution >= 4 is 22.0 Å². The minimum absolute atomic E-state index is 0.0775. The fourth-order valence-electron chi connectivity index (χ4n) is 5.00. The summed E-state index contributed by atoms with van der Waals surface area (Å²) in [6.07, 6.45) is 4.84. The molecule has 0 bridgehead atoms. The Labute approximate surface area is 236 Å². The van der Waals surface area contributed by atoms with Crippen LogP contribution >= 0.6 is 0 Å². The van der Waals surface area contributed by atoms with Crippen molar-refractivity contribution in [1.29, 1.82) is 5.26 Å². The molecule has 2 aromatic carbocycles. The van der Waals surface area contributed by atoms with E-state index < -0.39 is 15.9 Å². The van der Waals surface area contributed by atoms with Crippen LogP contribution in [0.1, 0.15) is 32.3 Å². The lowest BCUT2D eigenvalue weighted by Crippen LogP contribution is -2.42. The number of hydrogen-bond acceptors (Lipinski definition) is 6. The smallest absolute Gasteiger partial charge is 0.261 e. The number of carbonyl (C=O) groups is 1. The number of hydrogen-bond donors (Lipinski definition) is 1. The molecule has 0 aliphatic carbocycles. The number of piperidine rings is 1. The molecule has 3 aromatic rings. The molecule has 1 aliphatic rings. The predicted molar refractivity (Wildman–Crippen MR) is 154 cm³/mol. The van der Waals surface area contributed by atoms with E-state index in [0.29, 0.717) is 49.5 Å². The van der Waals surface area contributed by atoms with E-state index >= 15 is 0 Å². The second kappa shape index (κ2) is 13.0. The molecule has 4 rings (SSSR count). The molecule has 0 saturated carbocycles. The van der Waals surface area contributed by atoms with Gasteiger partial charge >= 0.3 is 0 Å². The summed E-state index contributed by atoms with van der Waals surface area (Å²) in [4.78, 5) is 12.9. The highest BCUT2D eigenvalue weighted by atomic mass is 32.2. The quantitative estimate of drug-likeness (QED) is 0.225. The Morgan fingerprint density at radius 3 is 2.55 bits per heavy atom. The first-order valence-corrected chi connectivity index (χ1v) is 14.8. The molecule has 2 unspecified atom stereocenters. The molecule has 2 atom stereocenters. The Balaban J connectivity index is 1.74. The maximum Gasteiger partial charge on any atom is 0.261 e. The molecule has 1 aromatic heterocycles. The van der Waals surface area contributed by atoms with Crippen LogP contribution in [0.3, 0.4) is 0 Å². The molecule has 210 valence electrons. The number of amides is 1. The van der Waals surface area contributed by atoms with E-state index in [4.69, 9.17) is 9.84 Å². The molecule has 1 aliphatic heterocycles. The summed E-state index contributed by atoms with van der Waals surface area (Å²) >= 11 is 0. The summed E-state index contributed by atoms with van der Waals surface area (Å²) in [6.45, 7) is 5.98. The SMILES string of the molecule is COCCCNC(=O)C(C#N)=Cc1cn(-c2ccccc2)nc1-c1cccc(S(=O)(=O)N2CC(C)CC(C)C2)c1. The molecular formula is C30H35N5O4S. The predicted octanol–water partition coefficient (Wildman–Crippen LogP) is 4.27. The number of aromatic nitrogens is 2. The van der Waals surface area contributed by atoms with Gasteiger partial charge in [0.05, 0.1) is 10.6 Å². The van der Waals surface area contributed by atoms with Crippen LogP contribution in [0.2, 0.25) is 0 Å². The lowest BCUT2D eigenvalue weighted by molar-refractivity contribution is -0.117. The Kier molecular flexibility index (Phi) is 9.53. The summed E-state index contributed by atoms with van der Waals surface area (Å²) in [5.74, 6) is 0.0665. The van der Waals surface area contributed by atoms with Crippen LogP contribution in [0.15, 0.2) is 71.3 Å². The van der Waals surface area contributed by atoms with E-state index in [1.54, 1.807) is 46.6 Å². The molecule has 0 radical (unpaired) electrons. The molecule has 1 saturated heterocycles. The Morgan fingerprint density at radius 1 is 1.15 bits per heavy atom. The standard InChI is InChI=1S/C30H35N5O4S/c1-22-15-23(2)20-34(19-22)40(37,38)28-12-7-9-24(17-28)29-26(21-35(33-29)27-10-5-4-6-11-27)16-25(18-31)30(36)32-13-8-14-39-3/h4-7,9-12,16-17,21-23H,8,13-15,19-20H2,1-3H3,(H,32,36). The van der Waals surface area contributed by atoms with Crippen molar-refractivity contribution in [2.45, 2.75) is 31.6 Å². The zero-order valence-corrected chi connectivity index (χ0v) is 23.9. The van der Waals surface area contributed by atoms with E-state index in [9.17, 15) is 18.5 Å². The van der Waals surface area contributed by atoms with Crippen molar-refractivity contribution in [3.8, 4) is 23.0 Å². The Morgan fingerprint density at radius 2 is 1.88 bits per heavy atom. The molecule has 2 heterocycles. The topological polar surface area (TPSA) is 117 Å². The maximum absolute atomic E-state index is 13.6. The van der Waals surface area contributed by atoms with Gasteiger partial charge in [0.1, 0.15) is 17.3 Å². The highest BCUT2D eigenvalue weighted by Gasteiger charge is 2.32. The minimum Gasteiger partial charge on any atom is -0.385 e. The third-order valence-electron chi connectivity index (χ3n) is 6.82. The van der Waals surface area contributed by atoms with Gasteiger partial charge in [-0.15, -0.1) is 0 Å². The fourth-order valence-corrected chi connectivity index (χ4v) is 6.73. The van der Waals surface area contributed by atoms with Crippen LogP contribution in [-0.2, 0) is 19.6 Å². The van der Waals surface area contributed by atoms with Gasteiger partial charge in [-0.2, -0.15) is 14.7 Å². The van der Waals surface area contributed by atoms with Gasteiger partial charge in [-0.05, 0) is 55.0 Å². The third-order valence-corrected chi connectivity index (χ3v) is 8.65. The van der Waals surface area contributed by atoms with Gasteiger partial charge in [0.15, 0.2) is 0 Å². The number of ether oxygens (including phenoxy) is 1. The van der Waals surface area contributed by atoms with E-state index in [1.807, 2.05) is 36.4 Å². The minimum atomic E-state index is -3.72. The zero-order valence-electron chi connectivity index (χ0n) is 23.1. The molecule has 1 amide bonds. The molecule has 40 heavy (non-hydrogen) atoms. The van der Waals surface area contributed by atoms with Crippen LogP contribution in [-0.4, -0.2) is 61.8 Å². The van der Waals surface area contributed by atoms with Gasteiger partial charge in [-0.3, -0.25) is 4.79 Å². The van der Waals surface area contributed by atoms with Crippen LogP contribution < -0.4 is 5.32 Å². The van der Waals surface area contributed by atoms with E-state index in [2.05, 4.69) is 19.2 Å². The summed E-state index contributed by atoms with van der Waals surface area (Å²) in [5, 5.41) is 17.3. The largest absolute Gasteiger partial charge is 0.385 e. The number of methoxy groups -OCH3 is 1. The first kappa shape index (κ1) is 29.2. The second-order valence-corrected chi connectivity index (χ2v) is 12.2. The first-order chi connectivity index (χ1) is 19.2. The van der Waals surface area contributed by atoms with Gasteiger partial charge in [-0.25, -0.2) is 13.1 Å². The van der Waals surface area contributed by atoms with Crippen molar-refractivity contribution in [3.05, 3.63) is 71.9 Å². The zero-order chi connectivity index (χ0) is 28.7. The van der Waals surface area contributed by atoms with E-state index in [1.165, 1.54) is 6.08 Å². The lowest BCUT2D eigenvalue weighted by Gasteiger charge is -2.34. The molecule has 1 fully saturated rings. The summed E-state index contributed by atoms with van der Waals surface area (Å²) < 4.78 is 35.5. The number of para-hydroxylation sites is 1. The Hall–Kier alpha value is -3.78. The summed E-state index contributed by atoms with van der Waals surface area (Å²) in [7, 11) is -2.13. The monoisotopic (exact) mass is 561 g/mol. The number of rotatable bonds is 10. The molecule has 0 spiro atoms. The van der Waals surface area contributed by atoms with Crippen molar-refractivity contribution in [2.75, 3.05) is 33.4 Å². The van der Waals surface area contributed by atoms with Gasteiger partial charge in [0.2, 0.25) is 10.0 Å². The number of nitrogens with one attached hydrogen (secondary N) is 1. The van der Waals surface area contributed by atoms with Crippen molar-refractivity contribution < 1.29 is 17.9 Å². The van der Waals surface area contributed by atoms with E-state index in [0.717, 1.165) is 12.1 Å². The van der Waals surface area contributed by atoms with Crippen molar-refractivity contribution in [3.63, 3.8) is 0 Å². The van der Waals surface area contributed by atoms with Crippen LogP contribution in [0, 0.1) is 23.2 Å². The molecule has 10 heteroatoms. The first-order valence-electron chi connectivity index (χ1n) is 13.4. The van der Waals surface area contributed by atoms with Gasteiger partial charge in [0, 0.05) is 50.7 Å². The maximum atomic E-state index is 13.6. The summed E-state index contributed by atoms with van der Waals surface area (Å²) in [5.41, 5.74) is 2.25. The van der Waals surface area contributed by atoms with Gasteiger partial charge in [0.25, 0.3) is 5.91 Å². The van der Waals surface area contributed by atoms with Crippen molar-refractivity contribution in [2.24, 2.45) is 11.8 Å². The third kappa shape index (κ3) is 6.86. The number of benzene rings is 2. The van der Waals surface area contributed by atoms with Crippen LogP contribution in [0.25, 0.3) is 23.0 Å². The molecular weight excluding hydrogens is 526 g/mol. The molecule has 1 N–H and O–H groups in total. The van der Waals surface area contributed by atoms with Gasteiger partial charge in [-0.1, -0.05) is 44.2 Å². The fraction of sp³-hybridized carbons (Fsp3) is 0.367. The number of sulfonamides is 1. The molecule has 9 nitrogen and oxygen atoms in total. The summed E-state index contributed by atoms with van der Waals surface area (Å²) in [6, 6.07) is 18.1. The highest BCUT2D eigenvalue weighted by Crippen LogP contribution is 2.31. The Bertz CT molecular complexity index is 1500. The van der Waals surface area contributed by atoms with Gasteiger partial charge < -0.3 is 10.1 Å². The van der Waals surface area contributed by atoms with Crippen LogP contribution in [0.5, 0.6) is 0 Å².